The fraction of sp³-hybridized carbons (Fsp3) is 0.933. The van der Waals surface area contributed by atoms with Crippen LogP contribution in [0.4, 0.5) is 0 Å². The first-order valence-electron chi connectivity index (χ1n) is 7.65. The van der Waals surface area contributed by atoms with Crippen molar-refractivity contribution in [3.05, 3.63) is 0 Å². The SMILES string of the molecule is O=C(CC1CCCCCC1)NC1CCCC1CBr. The molecule has 1 N–H and O–H groups in total. The molecule has 0 aromatic rings. The van der Waals surface area contributed by atoms with Crippen molar-refractivity contribution >= 4 is 21.8 Å². The van der Waals surface area contributed by atoms with Crippen LogP contribution in [0.1, 0.15) is 64.2 Å². The molecule has 2 aliphatic carbocycles. The topological polar surface area (TPSA) is 29.1 Å². The molecule has 0 aromatic carbocycles. The second kappa shape index (κ2) is 7.52. The first-order chi connectivity index (χ1) is 8.79. The lowest BCUT2D eigenvalue weighted by Gasteiger charge is -2.21. The Labute approximate surface area is 119 Å². The maximum absolute atomic E-state index is 12.1. The summed E-state index contributed by atoms with van der Waals surface area (Å²) in [5.41, 5.74) is 0. The standard InChI is InChI=1S/C15H26BrNO/c16-11-13-8-5-9-14(13)17-15(18)10-12-6-3-1-2-4-7-12/h12-14H,1-11H2,(H,17,18). The van der Waals surface area contributed by atoms with Gasteiger partial charge in [0.15, 0.2) is 0 Å². The zero-order chi connectivity index (χ0) is 12.8. The molecule has 2 saturated carbocycles. The monoisotopic (exact) mass is 315 g/mol. The van der Waals surface area contributed by atoms with Gasteiger partial charge in [0.1, 0.15) is 0 Å². The lowest BCUT2D eigenvalue weighted by atomic mass is 9.96. The van der Waals surface area contributed by atoms with Gasteiger partial charge < -0.3 is 5.32 Å². The van der Waals surface area contributed by atoms with Gasteiger partial charge in [-0.3, -0.25) is 4.79 Å². The predicted molar refractivity (Wildman–Crippen MR) is 78.9 cm³/mol. The van der Waals surface area contributed by atoms with Crippen molar-refractivity contribution in [3.8, 4) is 0 Å². The Bertz CT molecular complexity index is 261. The molecule has 2 atom stereocenters. The van der Waals surface area contributed by atoms with E-state index in [0.717, 1.165) is 11.8 Å². The van der Waals surface area contributed by atoms with Gasteiger partial charge in [0.25, 0.3) is 0 Å². The van der Waals surface area contributed by atoms with E-state index < -0.39 is 0 Å². The van der Waals surface area contributed by atoms with Crippen LogP contribution >= 0.6 is 15.9 Å². The molecule has 3 heteroatoms. The molecule has 0 radical (unpaired) electrons. The number of nitrogens with one attached hydrogen (secondary N) is 1. The average Bonchev–Trinajstić information content (AvgIpc) is 2.64. The molecular weight excluding hydrogens is 290 g/mol. The lowest BCUT2D eigenvalue weighted by molar-refractivity contribution is -0.123. The largest absolute Gasteiger partial charge is 0.353 e. The van der Waals surface area contributed by atoms with Crippen molar-refractivity contribution < 1.29 is 4.79 Å². The van der Waals surface area contributed by atoms with Crippen molar-refractivity contribution in [1.82, 2.24) is 5.32 Å². The van der Waals surface area contributed by atoms with E-state index in [1.807, 2.05) is 0 Å². The fourth-order valence-corrected chi connectivity index (χ4v) is 4.28. The van der Waals surface area contributed by atoms with Gasteiger partial charge in [-0.2, -0.15) is 0 Å². The Morgan fingerprint density at radius 2 is 1.72 bits per heavy atom. The van der Waals surface area contributed by atoms with Crippen LogP contribution in [-0.2, 0) is 4.79 Å². The maximum Gasteiger partial charge on any atom is 0.220 e. The molecular formula is C15H26BrNO. The van der Waals surface area contributed by atoms with Gasteiger partial charge in [0.2, 0.25) is 5.91 Å². The number of amides is 1. The molecule has 0 saturated heterocycles. The van der Waals surface area contributed by atoms with Crippen molar-refractivity contribution in [2.24, 2.45) is 11.8 Å². The molecule has 1 amide bonds. The molecule has 18 heavy (non-hydrogen) atoms. The number of hydrogen-bond acceptors (Lipinski definition) is 1. The Morgan fingerprint density at radius 1 is 1.00 bits per heavy atom. The highest BCUT2D eigenvalue weighted by Crippen LogP contribution is 2.28. The first-order valence-corrected chi connectivity index (χ1v) is 8.77. The summed E-state index contributed by atoms with van der Waals surface area (Å²) in [4.78, 5) is 12.1. The molecule has 104 valence electrons. The van der Waals surface area contributed by atoms with Gasteiger partial charge in [-0.1, -0.05) is 48.0 Å². The molecule has 0 heterocycles. The second-order valence-corrected chi connectivity index (χ2v) is 6.73. The number of carbonyl (C=O) groups is 1. The van der Waals surface area contributed by atoms with Crippen molar-refractivity contribution in [2.75, 3.05) is 5.33 Å². The van der Waals surface area contributed by atoms with Gasteiger partial charge in [0, 0.05) is 17.8 Å². The maximum atomic E-state index is 12.1. The molecule has 2 fully saturated rings. The third-order valence-electron chi connectivity index (χ3n) is 4.65. The number of halogens is 1. The summed E-state index contributed by atoms with van der Waals surface area (Å²) >= 11 is 3.56. The number of carbonyl (C=O) groups excluding carboxylic acids is 1. The quantitative estimate of drug-likeness (QED) is 0.616. The normalized spacial score (nSPS) is 30.1. The molecule has 0 bridgehead atoms. The zero-order valence-electron chi connectivity index (χ0n) is 11.3. The van der Waals surface area contributed by atoms with E-state index in [2.05, 4.69) is 21.2 Å². The number of alkyl halides is 1. The Balaban J connectivity index is 1.73. The van der Waals surface area contributed by atoms with Crippen LogP contribution in [0.3, 0.4) is 0 Å². The summed E-state index contributed by atoms with van der Waals surface area (Å²) in [6, 6.07) is 0.433. The Morgan fingerprint density at radius 3 is 2.39 bits per heavy atom. The van der Waals surface area contributed by atoms with Gasteiger partial charge >= 0.3 is 0 Å². The molecule has 2 aliphatic rings. The summed E-state index contributed by atoms with van der Waals surface area (Å²) in [7, 11) is 0. The van der Waals surface area contributed by atoms with Crippen molar-refractivity contribution in [1.29, 1.82) is 0 Å². The summed E-state index contributed by atoms with van der Waals surface area (Å²) in [5.74, 6) is 1.61. The van der Waals surface area contributed by atoms with Crippen LogP contribution in [0, 0.1) is 11.8 Å². The van der Waals surface area contributed by atoms with E-state index in [0.29, 0.717) is 23.8 Å². The second-order valence-electron chi connectivity index (χ2n) is 6.08. The minimum absolute atomic E-state index is 0.305. The molecule has 2 nitrogen and oxygen atoms in total. The molecule has 0 spiro atoms. The predicted octanol–water partition coefficient (Wildman–Crippen LogP) is 4.03. The number of rotatable bonds is 4. The fourth-order valence-electron chi connectivity index (χ4n) is 3.51. The van der Waals surface area contributed by atoms with Crippen molar-refractivity contribution in [2.45, 2.75) is 70.3 Å². The summed E-state index contributed by atoms with van der Waals surface area (Å²) in [5, 5.41) is 4.31. The lowest BCUT2D eigenvalue weighted by Crippen LogP contribution is -2.38. The molecule has 0 aliphatic heterocycles. The van der Waals surface area contributed by atoms with Gasteiger partial charge in [-0.25, -0.2) is 0 Å². The van der Waals surface area contributed by atoms with Gasteiger partial charge in [0.05, 0.1) is 0 Å². The smallest absolute Gasteiger partial charge is 0.220 e. The van der Waals surface area contributed by atoms with Gasteiger partial charge in [-0.05, 0) is 37.5 Å². The third kappa shape index (κ3) is 4.25. The van der Waals surface area contributed by atoms with Crippen LogP contribution in [0.25, 0.3) is 0 Å². The van der Waals surface area contributed by atoms with E-state index in [4.69, 9.17) is 0 Å². The van der Waals surface area contributed by atoms with Crippen LogP contribution in [0.15, 0.2) is 0 Å². The van der Waals surface area contributed by atoms with Crippen LogP contribution in [-0.4, -0.2) is 17.3 Å². The summed E-state index contributed by atoms with van der Waals surface area (Å²) in [6.07, 6.45) is 12.4. The summed E-state index contributed by atoms with van der Waals surface area (Å²) in [6.45, 7) is 0. The average molecular weight is 316 g/mol. The molecule has 2 unspecified atom stereocenters. The van der Waals surface area contributed by atoms with Crippen molar-refractivity contribution in [3.63, 3.8) is 0 Å². The minimum Gasteiger partial charge on any atom is -0.353 e. The van der Waals surface area contributed by atoms with E-state index in [1.165, 1.54) is 57.8 Å². The first kappa shape index (κ1) is 14.4. The Hall–Kier alpha value is -0.0500. The highest BCUT2D eigenvalue weighted by atomic mass is 79.9. The summed E-state index contributed by atoms with van der Waals surface area (Å²) < 4.78 is 0. The van der Waals surface area contributed by atoms with Gasteiger partial charge in [-0.15, -0.1) is 0 Å². The van der Waals surface area contributed by atoms with Crippen LogP contribution in [0.5, 0.6) is 0 Å². The van der Waals surface area contributed by atoms with E-state index >= 15 is 0 Å². The molecule has 0 aromatic heterocycles. The molecule has 2 rings (SSSR count). The van der Waals surface area contributed by atoms with E-state index in [9.17, 15) is 4.79 Å². The zero-order valence-corrected chi connectivity index (χ0v) is 12.9. The van der Waals surface area contributed by atoms with Crippen LogP contribution in [0.2, 0.25) is 0 Å². The van der Waals surface area contributed by atoms with Crippen LogP contribution < -0.4 is 5.32 Å². The van der Waals surface area contributed by atoms with E-state index in [-0.39, 0.29) is 0 Å². The Kier molecular flexibility index (Phi) is 6.00. The number of hydrogen-bond donors (Lipinski definition) is 1. The highest BCUT2D eigenvalue weighted by Gasteiger charge is 2.28. The highest BCUT2D eigenvalue weighted by molar-refractivity contribution is 9.09. The van der Waals surface area contributed by atoms with E-state index in [1.54, 1.807) is 0 Å². The third-order valence-corrected chi connectivity index (χ3v) is 5.48. The minimum atomic E-state index is 0.305.